The van der Waals surface area contributed by atoms with Crippen LogP contribution in [-0.4, -0.2) is 87.3 Å². The smallest absolute Gasteiger partial charge is 0.252 e. The van der Waals surface area contributed by atoms with Crippen molar-refractivity contribution in [1.82, 2.24) is 19.4 Å². The Kier molecular flexibility index (Phi) is 8.57. The van der Waals surface area contributed by atoms with Gasteiger partial charge in [-0.25, -0.2) is 8.42 Å². The Morgan fingerprint density at radius 1 is 1.20 bits per heavy atom. The van der Waals surface area contributed by atoms with Gasteiger partial charge in [0.2, 0.25) is 5.91 Å². The predicted octanol–water partition coefficient (Wildman–Crippen LogP) is 2.19. The number of hydrogen-bond donors (Lipinski definition) is 1. The van der Waals surface area contributed by atoms with Crippen molar-refractivity contribution in [1.29, 1.82) is 0 Å². The molecule has 10 heteroatoms. The van der Waals surface area contributed by atoms with Crippen molar-refractivity contribution >= 4 is 38.9 Å². The highest BCUT2D eigenvalue weighted by Gasteiger charge is 2.29. The molecule has 7 nitrogen and oxygen atoms in total. The molecule has 3 rings (SSSR count). The molecule has 2 saturated heterocycles. The van der Waals surface area contributed by atoms with Crippen LogP contribution >= 0.6 is 22.9 Å². The van der Waals surface area contributed by atoms with Gasteiger partial charge in [-0.05, 0) is 30.4 Å². The SMILES string of the molecule is C[C@@H]1C[C@H](C)CN(CCN(CCC(=O)N2CCNCC2)S(=O)(=O)c2ccc(Cl)s2)C1. The van der Waals surface area contributed by atoms with Crippen molar-refractivity contribution < 1.29 is 13.2 Å². The predicted molar refractivity (Wildman–Crippen MR) is 122 cm³/mol. The van der Waals surface area contributed by atoms with Crippen LogP contribution < -0.4 is 5.32 Å². The summed E-state index contributed by atoms with van der Waals surface area (Å²) in [7, 11) is -3.68. The summed E-state index contributed by atoms with van der Waals surface area (Å²) in [6, 6.07) is 3.16. The van der Waals surface area contributed by atoms with Crippen LogP contribution in [0.25, 0.3) is 0 Å². The fourth-order valence-electron chi connectivity index (χ4n) is 4.44. The van der Waals surface area contributed by atoms with E-state index >= 15 is 0 Å². The average Bonchev–Trinajstić information content (AvgIpc) is 3.15. The third-order valence-corrected chi connectivity index (χ3v) is 9.39. The summed E-state index contributed by atoms with van der Waals surface area (Å²) in [4.78, 5) is 16.8. The first kappa shape index (κ1) is 23.9. The molecule has 1 amide bonds. The number of nitrogens with zero attached hydrogens (tertiary/aromatic N) is 3. The summed E-state index contributed by atoms with van der Waals surface area (Å²) < 4.78 is 28.7. The summed E-state index contributed by atoms with van der Waals surface area (Å²) in [5.41, 5.74) is 0. The van der Waals surface area contributed by atoms with Gasteiger partial charge in [0.05, 0.1) is 4.34 Å². The minimum absolute atomic E-state index is 0.0149. The lowest BCUT2D eigenvalue weighted by molar-refractivity contribution is -0.131. The maximum Gasteiger partial charge on any atom is 0.252 e. The fourth-order valence-corrected chi connectivity index (χ4v) is 7.50. The van der Waals surface area contributed by atoms with Gasteiger partial charge in [0.1, 0.15) is 4.21 Å². The Labute approximate surface area is 189 Å². The summed E-state index contributed by atoms with van der Waals surface area (Å²) in [5, 5.41) is 3.23. The number of thiophene rings is 1. The molecule has 170 valence electrons. The number of carbonyl (C=O) groups excluding carboxylic acids is 1. The fraction of sp³-hybridized carbons (Fsp3) is 0.750. The molecule has 1 N–H and O–H groups in total. The summed E-state index contributed by atoms with van der Waals surface area (Å²) in [6.45, 7) is 10.6. The number of piperidine rings is 1. The number of amides is 1. The Hall–Kier alpha value is -0.710. The number of sulfonamides is 1. The van der Waals surface area contributed by atoms with Crippen LogP contribution in [0.1, 0.15) is 26.7 Å². The molecule has 3 heterocycles. The maximum absolute atomic E-state index is 13.3. The number of halogens is 1. The molecule has 2 fully saturated rings. The zero-order valence-corrected chi connectivity index (χ0v) is 20.2. The van der Waals surface area contributed by atoms with Crippen LogP contribution in [0.2, 0.25) is 4.34 Å². The Bertz CT molecular complexity index is 801. The molecule has 30 heavy (non-hydrogen) atoms. The van der Waals surface area contributed by atoms with Gasteiger partial charge in [0.25, 0.3) is 10.0 Å². The van der Waals surface area contributed by atoms with Gasteiger partial charge in [-0.3, -0.25) is 4.79 Å². The second-order valence-electron chi connectivity index (χ2n) is 8.55. The number of nitrogens with one attached hydrogen (secondary N) is 1. The molecule has 1 aromatic heterocycles. The standard InChI is InChI=1S/C20H33ClN4O3S2/c1-16-13-17(2)15-23(14-16)11-12-25(30(27,28)20-4-3-18(21)29-20)8-5-19(26)24-9-6-22-7-10-24/h3-4,16-17,22H,5-15H2,1-2H3/t16-,17+. The molecular weight excluding hydrogens is 444 g/mol. The number of piperazine rings is 1. The first-order chi connectivity index (χ1) is 14.3. The second-order valence-corrected chi connectivity index (χ2v) is 12.4. The summed E-state index contributed by atoms with van der Waals surface area (Å²) in [5.74, 6) is 1.24. The summed E-state index contributed by atoms with van der Waals surface area (Å²) in [6.07, 6.45) is 1.41. The number of likely N-dealkylation sites (tertiary alicyclic amines) is 1. The van der Waals surface area contributed by atoms with Crippen LogP contribution in [0.15, 0.2) is 16.3 Å². The molecule has 1 aromatic rings. The Morgan fingerprint density at radius 3 is 2.47 bits per heavy atom. The van der Waals surface area contributed by atoms with E-state index in [2.05, 4.69) is 24.1 Å². The van der Waals surface area contributed by atoms with Crippen molar-refractivity contribution in [3.63, 3.8) is 0 Å². The van der Waals surface area contributed by atoms with Crippen LogP contribution in [0.4, 0.5) is 0 Å². The molecule has 2 atom stereocenters. The second kappa shape index (κ2) is 10.7. The van der Waals surface area contributed by atoms with E-state index in [1.54, 1.807) is 12.1 Å². The van der Waals surface area contributed by atoms with Gasteiger partial charge in [-0.15, -0.1) is 11.3 Å². The molecule has 2 aliphatic rings. The topological polar surface area (TPSA) is 73.0 Å². The van der Waals surface area contributed by atoms with E-state index in [0.717, 1.165) is 37.5 Å². The zero-order valence-electron chi connectivity index (χ0n) is 17.8. The lowest BCUT2D eigenvalue weighted by Gasteiger charge is -2.36. The van der Waals surface area contributed by atoms with Gasteiger partial charge < -0.3 is 15.1 Å². The van der Waals surface area contributed by atoms with E-state index in [0.29, 0.717) is 42.4 Å². The van der Waals surface area contributed by atoms with Crippen LogP contribution in [0, 0.1) is 11.8 Å². The summed E-state index contributed by atoms with van der Waals surface area (Å²) >= 11 is 7.06. The zero-order chi connectivity index (χ0) is 21.7. The third kappa shape index (κ3) is 6.40. The lowest BCUT2D eigenvalue weighted by atomic mass is 9.92. The van der Waals surface area contributed by atoms with Gasteiger partial charge >= 0.3 is 0 Å². The van der Waals surface area contributed by atoms with E-state index in [9.17, 15) is 13.2 Å². The van der Waals surface area contributed by atoms with Crippen molar-refractivity contribution in [2.24, 2.45) is 11.8 Å². The molecule has 0 aliphatic carbocycles. The molecule has 0 aromatic carbocycles. The molecule has 0 spiro atoms. The molecule has 0 radical (unpaired) electrons. The van der Waals surface area contributed by atoms with Crippen molar-refractivity contribution in [3.8, 4) is 0 Å². The quantitative estimate of drug-likeness (QED) is 0.622. The highest BCUT2D eigenvalue weighted by atomic mass is 35.5. The van der Waals surface area contributed by atoms with Crippen molar-refractivity contribution in [2.75, 3.05) is 58.9 Å². The minimum atomic E-state index is -3.68. The lowest BCUT2D eigenvalue weighted by Crippen LogP contribution is -2.48. The third-order valence-electron chi connectivity index (χ3n) is 5.80. The Balaban J connectivity index is 1.67. The van der Waals surface area contributed by atoms with Gasteiger partial charge in [-0.1, -0.05) is 25.4 Å². The first-order valence-corrected chi connectivity index (χ1v) is 13.4. The number of rotatable bonds is 8. The molecule has 0 unspecified atom stereocenters. The van der Waals surface area contributed by atoms with E-state index in [1.165, 1.54) is 10.7 Å². The van der Waals surface area contributed by atoms with Crippen LogP contribution in [0.3, 0.4) is 0 Å². The van der Waals surface area contributed by atoms with E-state index in [-0.39, 0.29) is 23.1 Å². The van der Waals surface area contributed by atoms with Crippen LogP contribution in [-0.2, 0) is 14.8 Å². The van der Waals surface area contributed by atoms with E-state index in [1.807, 2.05) is 4.90 Å². The van der Waals surface area contributed by atoms with Gasteiger partial charge in [0, 0.05) is 65.3 Å². The minimum Gasteiger partial charge on any atom is -0.340 e. The van der Waals surface area contributed by atoms with Gasteiger partial charge in [0.15, 0.2) is 0 Å². The molecule has 0 bridgehead atoms. The Morgan fingerprint density at radius 2 is 1.87 bits per heavy atom. The van der Waals surface area contributed by atoms with Crippen molar-refractivity contribution in [3.05, 3.63) is 16.5 Å². The molecular formula is C20H33ClN4O3S2. The first-order valence-electron chi connectivity index (χ1n) is 10.7. The van der Waals surface area contributed by atoms with E-state index in [4.69, 9.17) is 11.6 Å². The van der Waals surface area contributed by atoms with Crippen molar-refractivity contribution in [2.45, 2.75) is 30.9 Å². The number of hydrogen-bond acceptors (Lipinski definition) is 6. The normalized spacial score (nSPS) is 23.8. The monoisotopic (exact) mass is 476 g/mol. The molecule has 2 aliphatic heterocycles. The highest BCUT2D eigenvalue weighted by molar-refractivity contribution is 7.91. The maximum atomic E-state index is 13.3. The highest BCUT2D eigenvalue weighted by Crippen LogP contribution is 2.28. The van der Waals surface area contributed by atoms with Crippen LogP contribution in [0.5, 0.6) is 0 Å². The van der Waals surface area contributed by atoms with E-state index < -0.39 is 10.0 Å². The average molecular weight is 477 g/mol. The van der Waals surface area contributed by atoms with Gasteiger partial charge in [-0.2, -0.15) is 4.31 Å². The molecule has 0 saturated carbocycles. The number of carbonyl (C=O) groups is 1. The largest absolute Gasteiger partial charge is 0.340 e.